The van der Waals surface area contributed by atoms with E-state index < -0.39 is 0 Å². The Balaban J connectivity index is 1.17. The van der Waals surface area contributed by atoms with E-state index >= 15 is 0 Å². The van der Waals surface area contributed by atoms with Crippen LogP contribution in [0.4, 0.5) is 5.13 Å². The molecule has 3 heterocycles. The Bertz CT molecular complexity index is 1690. The van der Waals surface area contributed by atoms with Crippen LogP contribution in [-0.2, 0) is 4.79 Å². The number of hydrogen-bond donors (Lipinski definition) is 1. The summed E-state index contributed by atoms with van der Waals surface area (Å²) in [6.45, 7) is 2.04. The van der Waals surface area contributed by atoms with Crippen LogP contribution in [0, 0.1) is 6.92 Å². The van der Waals surface area contributed by atoms with Crippen molar-refractivity contribution >= 4 is 50.0 Å². The fourth-order valence-corrected chi connectivity index (χ4v) is 5.52. The highest BCUT2D eigenvalue weighted by molar-refractivity contribution is 7.99. The molecule has 0 aliphatic rings. The quantitative estimate of drug-likeness (QED) is 0.273. The third kappa shape index (κ3) is 4.58. The summed E-state index contributed by atoms with van der Waals surface area (Å²) in [5.74, 6) is 0.0214. The molecule has 0 aliphatic heterocycles. The molecule has 3 aromatic carbocycles. The Morgan fingerprint density at radius 1 is 0.917 bits per heavy atom. The van der Waals surface area contributed by atoms with Crippen LogP contribution in [0.25, 0.3) is 38.2 Å². The van der Waals surface area contributed by atoms with E-state index in [9.17, 15) is 4.79 Å². The minimum Gasteiger partial charge on any atom is -0.301 e. The number of carbonyl (C=O) groups is 1. The van der Waals surface area contributed by atoms with Gasteiger partial charge in [0.1, 0.15) is 0 Å². The standard InChI is InChI=1S/C27H20N6OS2/c1-17-7-12-22-23(15-17)36-26(28-22)29-25(34)16-35-27-31-30-24-14-13-21(32-33(24)27)20-10-8-19(9-11-20)18-5-3-2-4-6-18/h2-15H,16H2,1H3,(H,28,29,34). The van der Waals surface area contributed by atoms with Gasteiger partial charge >= 0.3 is 0 Å². The average molecular weight is 509 g/mol. The molecule has 36 heavy (non-hydrogen) atoms. The molecule has 1 amide bonds. The molecule has 0 unspecified atom stereocenters. The van der Waals surface area contributed by atoms with E-state index in [-0.39, 0.29) is 11.7 Å². The van der Waals surface area contributed by atoms with Gasteiger partial charge in [0, 0.05) is 5.56 Å². The molecule has 0 aliphatic carbocycles. The molecular weight excluding hydrogens is 488 g/mol. The van der Waals surface area contributed by atoms with Crippen LogP contribution in [0.3, 0.4) is 0 Å². The van der Waals surface area contributed by atoms with Crippen LogP contribution in [0.15, 0.2) is 90.1 Å². The second-order valence-electron chi connectivity index (χ2n) is 8.24. The number of nitrogens with one attached hydrogen (secondary N) is 1. The first-order chi connectivity index (χ1) is 17.6. The molecule has 7 nitrogen and oxygen atoms in total. The Kier molecular flexibility index (Phi) is 5.92. The van der Waals surface area contributed by atoms with Crippen LogP contribution in [0.5, 0.6) is 0 Å². The fraction of sp³-hybridized carbons (Fsp3) is 0.0741. The zero-order chi connectivity index (χ0) is 24.5. The third-order valence-electron chi connectivity index (χ3n) is 5.64. The highest BCUT2D eigenvalue weighted by Crippen LogP contribution is 2.28. The number of hydrogen-bond acceptors (Lipinski definition) is 7. The molecule has 0 bridgehead atoms. The molecule has 6 aromatic rings. The smallest absolute Gasteiger partial charge is 0.236 e. The van der Waals surface area contributed by atoms with E-state index in [0.29, 0.717) is 15.9 Å². The van der Waals surface area contributed by atoms with E-state index in [2.05, 4.69) is 63.0 Å². The van der Waals surface area contributed by atoms with Crippen molar-refractivity contribution in [3.05, 3.63) is 90.5 Å². The molecule has 0 radical (unpaired) electrons. The average Bonchev–Trinajstić information content (AvgIpc) is 3.50. The van der Waals surface area contributed by atoms with Gasteiger partial charge in [-0.15, -0.1) is 10.2 Å². The Morgan fingerprint density at radius 3 is 2.53 bits per heavy atom. The molecule has 9 heteroatoms. The van der Waals surface area contributed by atoms with Crippen molar-refractivity contribution in [2.24, 2.45) is 0 Å². The minimum atomic E-state index is -0.153. The molecule has 0 spiro atoms. The van der Waals surface area contributed by atoms with Crippen molar-refractivity contribution in [3.63, 3.8) is 0 Å². The van der Waals surface area contributed by atoms with Crippen LogP contribution in [0.1, 0.15) is 5.56 Å². The highest BCUT2D eigenvalue weighted by Gasteiger charge is 2.13. The number of thiazole rings is 1. The van der Waals surface area contributed by atoms with Gasteiger partial charge in [-0.25, -0.2) is 4.98 Å². The molecule has 6 rings (SSSR count). The van der Waals surface area contributed by atoms with Crippen molar-refractivity contribution < 1.29 is 4.79 Å². The number of amides is 1. The zero-order valence-corrected chi connectivity index (χ0v) is 20.9. The van der Waals surface area contributed by atoms with E-state index in [1.54, 1.807) is 4.52 Å². The summed E-state index contributed by atoms with van der Waals surface area (Å²) in [6, 6.07) is 28.4. The number of rotatable bonds is 6. The number of aromatic nitrogens is 5. The summed E-state index contributed by atoms with van der Waals surface area (Å²) >= 11 is 2.76. The molecule has 0 fully saturated rings. The predicted octanol–water partition coefficient (Wildman–Crippen LogP) is 6.11. The molecule has 0 saturated carbocycles. The SMILES string of the molecule is Cc1ccc2nc(NC(=O)CSc3nnc4ccc(-c5ccc(-c6ccccc6)cc5)nn34)sc2c1. The minimum absolute atomic E-state index is 0.153. The van der Waals surface area contributed by atoms with Crippen molar-refractivity contribution in [2.75, 3.05) is 11.1 Å². The summed E-state index contributed by atoms with van der Waals surface area (Å²) in [7, 11) is 0. The lowest BCUT2D eigenvalue weighted by molar-refractivity contribution is -0.113. The van der Waals surface area contributed by atoms with Crippen LogP contribution in [-0.4, -0.2) is 36.5 Å². The Labute approximate surface area is 215 Å². The second kappa shape index (κ2) is 9.52. The summed E-state index contributed by atoms with van der Waals surface area (Å²) in [5, 5.41) is 17.2. The molecule has 176 valence electrons. The Hall–Kier alpha value is -4.08. The van der Waals surface area contributed by atoms with E-state index in [0.717, 1.165) is 32.6 Å². The lowest BCUT2D eigenvalue weighted by atomic mass is 10.0. The van der Waals surface area contributed by atoms with Gasteiger partial charge < -0.3 is 5.32 Å². The number of aryl methyl sites for hydroxylation is 1. The van der Waals surface area contributed by atoms with Crippen LogP contribution in [0.2, 0.25) is 0 Å². The first-order valence-corrected chi connectivity index (χ1v) is 13.1. The van der Waals surface area contributed by atoms with Gasteiger partial charge in [-0.1, -0.05) is 83.8 Å². The lowest BCUT2D eigenvalue weighted by Gasteiger charge is -2.05. The van der Waals surface area contributed by atoms with Crippen molar-refractivity contribution in [1.29, 1.82) is 0 Å². The van der Waals surface area contributed by atoms with Crippen molar-refractivity contribution in [1.82, 2.24) is 24.8 Å². The van der Waals surface area contributed by atoms with E-state index in [1.807, 2.05) is 49.4 Å². The topological polar surface area (TPSA) is 85.1 Å². The van der Waals surface area contributed by atoms with Gasteiger partial charge in [0.25, 0.3) is 0 Å². The maximum Gasteiger partial charge on any atom is 0.236 e. The van der Waals surface area contributed by atoms with E-state index in [1.165, 1.54) is 28.7 Å². The normalized spacial score (nSPS) is 11.2. The number of anilines is 1. The summed E-state index contributed by atoms with van der Waals surface area (Å²) in [5.41, 5.74) is 6.79. The van der Waals surface area contributed by atoms with Gasteiger partial charge in [-0.3, -0.25) is 4.79 Å². The summed E-state index contributed by atoms with van der Waals surface area (Å²) in [4.78, 5) is 17.1. The molecule has 0 saturated heterocycles. The Morgan fingerprint density at radius 2 is 1.69 bits per heavy atom. The second-order valence-corrected chi connectivity index (χ2v) is 10.2. The summed E-state index contributed by atoms with van der Waals surface area (Å²) < 4.78 is 2.73. The number of carbonyl (C=O) groups excluding carboxylic acids is 1. The van der Waals surface area contributed by atoms with Crippen LogP contribution < -0.4 is 5.32 Å². The van der Waals surface area contributed by atoms with Crippen LogP contribution >= 0.6 is 23.1 Å². The maximum absolute atomic E-state index is 12.6. The molecular formula is C27H20N6OS2. The number of nitrogens with zero attached hydrogens (tertiary/aromatic N) is 5. The molecule has 0 atom stereocenters. The molecule has 1 N–H and O–H groups in total. The molecule has 3 aromatic heterocycles. The number of thioether (sulfide) groups is 1. The predicted molar refractivity (Wildman–Crippen MR) is 145 cm³/mol. The van der Waals surface area contributed by atoms with E-state index in [4.69, 9.17) is 5.10 Å². The van der Waals surface area contributed by atoms with Gasteiger partial charge in [-0.05, 0) is 47.9 Å². The van der Waals surface area contributed by atoms with Crippen molar-refractivity contribution in [2.45, 2.75) is 12.1 Å². The third-order valence-corrected chi connectivity index (χ3v) is 7.50. The fourth-order valence-electron chi connectivity index (χ4n) is 3.85. The van der Waals surface area contributed by atoms with Gasteiger partial charge in [0.15, 0.2) is 10.8 Å². The largest absolute Gasteiger partial charge is 0.301 e. The van der Waals surface area contributed by atoms with Gasteiger partial charge in [0.05, 0.1) is 21.7 Å². The zero-order valence-electron chi connectivity index (χ0n) is 19.3. The lowest BCUT2D eigenvalue weighted by Crippen LogP contribution is -2.14. The maximum atomic E-state index is 12.6. The number of fused-ring (bicyclic) bond motifs is 2. The van der Waals surface area contributed by atoms with Crippen molar-refractivity contribution in [3.8, 4) is 22.4 Å². The monoisotopic (exact) mass is 508 g/mol. The van der Waals surface area contributed by atoms with Gasteiger partial charge in [0.2, 0.25) is 11.1 Å². The highest BCUT2D eigenvalue weighted by atomic mass is 32.2. The van der Waals surface area contributed by atoms with Gasteiger partial charge in [-0.2, -0.15) is 9.61 Å². The number of benzene rings is 3. The summed E-state index contributed by atoms with van der Waals surface area (Å²) in [6.07, 6.45) is 0. The first kappa shape index (κ1) is 22.4. The first-order valence-electron chi connectivity index (χ1n) is 11.3.